The molecule has 0 aliphatic heterocycles. The standard InChI is InChI=1S/C2H4ClFO/c1-2(3,4)5/h5H,1H3. The van der Waals surface area contributed by atoms with E-state index in [1.54, 1.807) is 0 Å². The summed E-state index contributed by atoms with van der Waals surface area (Å²) in [5.74, 6) is 0. The van der Waals surface area contributed by atoms with E-state index < -0.39 is 5.31 Å². The lowest BCUT2D eigenvalue weighted by molar-refractivity contribution is 0.0140. The number of hydrogen-bond donors (Lipinski definition) is 1. The van der Waals surface area contributed by atoms with Gasteiger partial charge in [-0.3, -0.25) is 0 Å². The minimum absolute atomic E-state index is 0.842. The number of rotatable bonds is 0. The second-order valence-electron chi connectivity index (χ2n) is 0.842. The number of alkyl halides is 2. The second kappa shape index (κ2) is 1.11. The molecule has 0 aromatic rings. The van der Waals surface area contributed by atoms with Crippen LogP contribution < -0.4 is 0 Å². The molecule has 0 radical (unpaired) electrons. The Morgan fingerprint density at radius 2 is 2.00 bits per heavy atom. The van der Waals surface area contributed by atoms with Crippen molar-refractivity contribution in [3.63, 3.8) is 0 Å². The molecule has 0 spiro atoms. The van der Waals surface area contributed by atoms with Crippen LogP contribution in [0, 0.1) is 0 Å². The molecule has 32 valence electrons. The molecule has 3 heteroatoms. The van der Waals surface area contributed by atoms with E-state index in [2.05, 4.69) is 11.6 Å². The Balaban J connectivity index is 3.02. The van der Waals surface area contributed by atoms with E-state index in [4.69, 9.17) is 5.11 Å². The molecule has 0 heterocycles. The summed E-state index contributed by atoms with van der Waals surface area (Å²) < 4.78 is 11.0. The van der Waals surface area contributed by atoms with Crippen LogP contribution in [0.25, 0.3) is 0 Å². The Morgan fingerprint density at radius 3 is 2.00 bits per heavy atom. The molecule has 5 heavy (non-hydrogen) atoms. The molecule has 0 bridgehead atoms. The van der Waals surface area contributed by atoms with Crippen molar-refractivity contribution >= 4 is 11.6 Å². The first-order valence-corrected chi connectivity index (χ1v) is 1.48. The predicted molar refractivity (Wildman–Crippen MR) is 17.6 cm³/mol. The normalized spacial score (nSPS) is 21.6. The minimum atomic E-state index is -2.53. The third kappa shape index (κ3) is 613. The Labute approximate surface area is 34.4 Å². The zero-order valence-electron chi connectivity index (χ0n) is 2.70. The van der Waals surface area contributed by atoms with E-state index in [0.29, 0.717) is 0 Å². The third-order valence-electron chi connectivity index (χ3n) is 0. The van der Waals surface area contributed by atoms with Gasteiger partial charge in [-0.1, -0.05) is 11.6 Å². The van der Waals surface area contributed by atoms with Gasteiger partial charge in [0.15, 0.2) is 0 Å². The molecule has 0 aliphatic rings. The molecule has 0 saturated carbocycles. The van der Waals surface area contributed by atoms with Gasteiger partial charge in [0.25, 0.3) is 5.31 Å². The Bertz CT molecular complexity index is 25.1. The molecule has 0 rings (SSSR count). The fraction of sp³-hybridized carbons (Fsp3) is 1.00. The van der Waals surface area contributed by atoms with Crippen molar-refractivity contribution in [1.29, 1.82) is 0 Å². The SMILES string of the molecule is CC(O)(F)Cl. The first-order valence-electron chi connectivity index (χ1n) is 1.10. The van der Waals surface area contributed by atoms with Crippen LogP contribution in [0.4, 0.5) is 4.39 Å². The highest BCUT2D eigenvalue weighted by molar-refractivity contribution is 6.21. The monoisotopic (exact) mass is 98.0 g/mol. The highest BCUT2D eigenvalue weighted by Crippen LogP contribution is 2.07. The first-order chi connectivity index (χ1) is 2.00. The smallest absolute Gasteiger partial charge is 0.281 e. The lowest BCUT2D eigenvalue weighted by Crippen LogP contribution is -2.02. The Morgan fingerprint density at radius 1 is 2.00 bits per heavy atom. The summed E-state index contributed by atoms with van der Waals surface area (Å²) >= 11 is 4.42. The highest BCUT2D eigenvalue weighted by atomic mass is 35.5. The van der Waals surface area contributed by atoms with E-state index in [0.717, 1.165) is 6.92 Å². The first kappa shape index (κ1) is 5.18. The average molecular weight is 98.5 g/mol. The average Bonchev–Trinajstić information content (AvgIpc) is 0.722. The van der Waals surface area contributed by atoms with E-state index in [9.17, 15) is 4.39 Å². The van der Waals surface area contributed by atoms with Crippen molar-refractivity contribution in [1.82, 2.24) is 0 Å². The van der Waals surface area contributed by atoms with Crippen LogP contribution in [0.2, 0.25) is 0 Å². The van der Waals surface area contributed by atoms with E-state index in [-0.39, 0.29) is 0 Å². The van der Waals surface area contributed by atoms with Crippen molar-refractivity contribution in [3.05, 3.63) is 0 Å². The van der Waals surface area contributed by atoms with Crippen LogP contribution in [-0.4, -0.2) is 10.4 Å². The van der Waals surface area contributed by atoms with Crippen LogP contribution in [0.3, 0.4) is 0 Å². The molecule has 0 fully saturated rings. The van der Waals surface area contributed by atoms with Gasteiger partial charge in [0.1, 0.15) is 0 Å². The van der Waals surface area contributed by atoms with Crippen molar-refractivity contribution in [2.45, 2.75) is 12.2 Å². The lowest BCUT2D eigenvalue weighted by Gasteiger charge is -1.95. The van der Waals surface area contributed by atoms with Crippen molar-refractivity contribution in [2.75, 3.05) is 0 Å². The second-order valence-corrected chi connectivity index (χ2v) is 1.53. The van der Waals surface area contributed by atoms with Gasteiger partial charge >= 0.3 is 0 Å². The zero-order chi connectivity index (χ0) is 4.50. The maximum absolute atomic E-state index is 11.0. The maximum Gasteiger partial charge on any atom is 0.281 e. The van der Waals surface area contributed by atoms with Gasteiger partial charge < -0.3 is 5.11 Å². The predicted octanol–water partition coefficient (Wildman–Crippen LogP) is 0.861. The molecule has 0 aliphatic carbocycles. The molecule has 0 amide bonds. The highest BCUT2D eigenvalue weighted by Gasteiger charge is 2.08. The number of hydrogen-bond acceptors (Lipinski definition) is 1. The van der Waals surface area contributed by atoms with Crippen LogP contribution >= 0.6 is 11.6 Å². The maximum atomic E-state index is 11.0. The summed E-state index contributed by atoms with van der Waals surface area (Å²) in [5, 5.41) is 5.09. The van der Waals surface area contributed by atoms with Gasteiger partial charge in [-0.05, 0) is 0 Å². The summed E-state index contributed by atoms with van der Waals surface area (Å²) in [6.07, 6.45) is 0. The zero-order valence-corrected chi connectivity index (χ0v) is 3.46. The molecular weight excluding hydrogens is 94.5 g/mol. The van der Waals surface area contributed by atoms with Crippen LogP contribution in [0.1, 0.15) is 6.92 Å². The van der Waals surface area contributed by atoms with E-state index in [1.807, 2.05) is 0 Å². The summed E-state index contributed by atoms with van der Waals surface area (Å²) in [7, 11) is 0. The van der Waals surface area contributed by atoms with Crippen molar-refractivity contribution in [2.24, 2.45) is 0 Å². The number of halogens is 2. The van der Waals surface area contributed by atoms with Crippen LogP contribution in [0.5, 0.6) is 0 Å². The van der Waals surface area contributed by atoms with Crippen molar-refractivity contribution < 1.29 is 9.50 Å². The Kier molecular flexibility index (Phi) is 1.15. The van der Waals surface area contributed by atoms with E-state index in [1.165, 1.54) is 0 Å². The molecule has 0 aromatic carbocycles. The van der Waals surface area contributed by atoms with Gasteiger partial charge in [-0.25, -0.2) is 0 Å². The largest absolute Gasteiger partial charge is 0.350 e. The summed E-state index contributed by atoms with van der Waals surface area (Å²) in [4.78, 5) is 0. The molecule has 1 atom stereocenters. The minimum Gasteiger partial charge on any atom is -0.350 e. The Hall–Kier alpha value is 0.180. The fourth-order valence-electron chi connectivity index (χ4n) is 0. The summed E-state index contributed by atoms with van der Waals surface area (Å²) in [6.45, 7) is 0.842. The van der Waals surface area contributed by atoms with Gasteiger partial charge in [-0.15, -0.1) is 0 Å². The van der Waals surface area contributed by atoms with Gasteiger partial charge in [0, 0.05) is 6.92 Å². The quantitative estimate of drug-likeness (QED) is 0.446. The molecule has 1 N–H and O–H groups in total. The third-order valence-corrected chi connectivity index (χ3v) is 0. The molecular formula is C2H4ClFO. The molecule has 1 unspecified atom stereocenters. The molecule has 1 nitrogen and oxygen atoms in total. The van der Waals surface area contributed by atoms with Crippen LogP contribution in [0.15, 0.2) is 0 Å². The lowest BCUT2D eigenvalue weighted by atomic mass is 10.8. The van der Waals surface area contributed by atoms with Gasteiger partial charge in [-0.2, -0.15) is 4.39 Å². The van der Waals surface area contributed by atoms with Gasteiger partial charge in [0.05, 0.1) is 0 Å². The van der Waals surface area contributed by atoms with Crippen molar-refractivity contribution in [3.8, 4) is 0 Å². The van der Waals surface area contributed by atoms with Gasteiger partial charge in [0.2, 0.25) is 0 Å². The van der Waals surface area contributed by atoms with E-state index >= 15 is 0 Å². The molecule has 0 saturated heterocycles. The van der Waals surface area contributed by atoms with Crippen LogP contribution in [-0.2, 0) is 0 Å². The number of aliphatic hydroxyl groups is 1. The fourth-order valence-corrected chi connectivity index (χ4v) is 0. The molecule has 0 aromatic heterocycles. The summed E-state index contributed by atoms with van der Waals surface area (Å²) in [6, 6.07) is 0. The summed E-state index contributed by atoms with van der Waals surface area (Å²) in [5.41, 5.74) is 0. The topological polar surface area (TPSA) is 20.2 Å².